The Morgan fingerprint density at radius 3 is 2.77 bits per heavy atom. The van der Waals surface area contributed by atoms with E-state index in [4.69, 9.17) is 11.6 Å². The third-order valence-corrected chi connectivity index (χ3v) is 2.25. The zero-order chi connectivity index (χ0) is 9.26. The molecule has 0 saturated heterocycles. The van der Waals surface area contributed by atoms with Gasteiger partial charge in [0.1, 0.15) is 5.82 Å². The normalized spacial score (nSPS) is 15.5. The van der Waals surface area contributed by atoms with Crippen LogP contribution in [0, 0.1) is 0 Å². The van der Waals surface area contributed by atoms with Gasteiger partial charge in [-0.15, -0.1) is 0 Å². The summed E-state index contributed by atoms with van der Waals surface area (Å²) in [5.74, 6) is 0.682. The average molecular weight is 197 g/mol. The van der Waals surface area contributed by atoms with E-state index in [2.05, 4.69) is 4.98 Å². The Morgan fingerprint density at radius 2 is 2.31 bits per heavy atom. The molecule has 0 N–H and O–H groups in total. The summed E-state index contributed by atoms with van der Waals surface area (Å²) in [7, 11) is 0. The van der Waals surface area contributed by atoms with Crippen LogP contribution in [0.5, 0.6) is 0 Å². The molecule has 1 heterocycles. The summed E-state index contributed by atoms with van der Waals surface area (Å²) in [5.41, 5.74) is 0. The Kier molecular flexibility index (Phi) is 2.19. The minimum absolute atomic E-state index is 0.353. The van der Waals surface area contributed by atoms with E-state index < -0.39 is 0 Å². The predicted molar refractivity (Wildman–Crippen MR) is 50.8 cm³/mol. The smallest absolute Gasteiger partial charge is 0.215 e. The van der Waals surface area contributed by atoms with E-state index in [1.807, 2.05) is 0 Å². The van der Waals surface area contributed by atoms with Crippen molar-refractivity contribution in [3.63, 3.8) is 0 Å². The van der Waals surface area contributed by atoms with Crippen LogP contribution in [0.2, 0.25) is 5.02 Å². The molecule has 0 unspecified atom stereocenters. The Bertz CT molecular complexity index is 308. The second-order valence-electron chi connectivity index (χ2n) is 3.08. The molecule has 3 nitrogen and oxygen atoms in total. The molecule has 13 heavy (non-hydrogen) atoms. The lowest BCUT2D eigenvalue weighted by atomic mass is 10.4. The maximum atomic E-state index is 10.7. The van der Waals surface area contributed by atoms with Crippen molar-refractivity contribution in [3.05, 3.63) is 23.4 Å². The summed E-state index contributed by atoms with van der Waals surface area (Å²) in [6, 6.07) is 3.85. The van der Waals surface area contributed by atoms with E-state index in [0.717, 1.165) is 19.3 Å². The molecular formula is C9H9ClN2O. The van der Waals surface area contributed by atoms with E-state index >= 15 is 0 Å². The van der Waals surface area contributed by atoms with Crippen molar-refractivity contribution in [2.45, 2.75) is 18.9 Å². The number of carbonyl (C=O) groups is 1. The molecule has 0 aromatic carbocycles. The van der Waals surface area contributed by atoms with Crippen molar-refractivity contribution in [3.8, 4) is 0 Å². The van der Waals surface area contributed by atoms with Gasteiger partial charge >= 0.3 is 0 Å². The van der Waals surface area contributed by atoms with Crippen LogP contribution in [0.15, 0.2) is 18.3 Å². The lowest BCUT2D eigenvalue weighted by Crippen LogP contribution is -2.24. The summed E-state index contributed by atoms with van der Waals surface area (Å²) in [5, 5.41) is 0.588. The molecule has 1 aromatic heterocycles. The van der Waals surface area contributed by atoms with Crippen LogP contribution < -0.4 is 4.90 Å². The highest BCUT2D eigenvalue weighted by Gasteiger charge is 2.29. The predicted octanol–water partition coefficient (Wildman–Crippen LogP) is 1.86. The molecule has 0 bridgehead atoms. The third kappa shape index (κ3) is 1.80. The van der Waals surface area contributed by atoms with Gasteiger partial charge in [0.15, 0.2) is 0 Å². The highest BCUT2D eigenvalue weighted by atomic mass is 35.5. The topological polar surface area (TPSA) is 33.2 Å². The minimum Gasteiger partial charge on any atom is -0.296 e. The summed E-state index contributed by atoms with van der Waals surface area (Å²) in [4.78, 5) is 16.4. The van der Waals surface area contributed by atoms with Crippen molar-refractivity contribution in [1.82, 2.24) is 4.98 Å². The first-order valence-electron chi connectivity index (χ1n) is 4.16. The third-order valence-electron chi connectivity index (χ3n) is 2.03. The first-order valence-corrected chi connectivity index (χ1v) is 4.54. The number of pyridine rings is 1. The molecular weight excluding hydrogens is 188 g/mol. The number of amides is 1. The number of carbonyl (C=O) groups excluding carboxylic acids is 1. The maximum absolute atomic E-state index is 10.7. The molecule has 0 atom stereocenters. The molecule has 1 aromatic rings. The molecule has 1 saturated carbocycles. The Hall–Kier alpha value is -1.09. The van der Waals surface area contributed by atoms with E-state index in [1.54, 1.807) is 23.2 Å². The second-order valence-corrected chi connectivity index (χ2v) is 3.51. The Morgan fingerprint density at radius 1 is 1.54 bits per heavy atom. The molecule has 0 spiro atoms. The van der Waals surface area contributed by atoms with Gasteiger partial charge in [0.2, 0.25) is 6.41 Å². The van der Waals surface area contributed by atoms with Gasteiger partial charge in [-0.1, -0.05) is 11.6 Å². The zero-order valence-corrected chi connectivity index (χ0v) is 7.74. The summed E-state index contributed by atoms with van der Waals surface area (Å²) < 4.78 is 0. The van der Waals surface area contributed by atoms with Crippen LogP contribution in [0.3, 0.4) is 0 Å². The van der Waals surface area contributed by atoms with Gasteiger partial charge in [-0.3, -0.25) is 9.69 Å². The Labute approximate surface area is 81.3 Å². The fourth-order valence-corrected chi connectivity index (χ4v) is 1.31. The second kappa shape index (κ2) is 3.34. The van der Waals surface area contributed by atoms with Gasteiger partial charge in [0.05, 0.1) is 5.02 Å². The molecule has 68 valence electrons. The number of anilines is 1. The van der Waals surface area contributed by atoms with Gasteiger partial charge in [-0.05, 0) is 25.0 Å². The van der Waals surface area contributed by atoms with Crippen LogP contribution in [0.1, 0.15) is 12.8 Å². The zero-order valence-electron chi connectivity index (χ0n) is 6.98. The first-order chi connectivity index (χ1) is 6.31. The van der Waals surface area contributed by atoms with Gasteiger partial charge in [-0.25, -0.2) is 4.98 Å². The number of hydrogen-bond donors (Lipinski definition) is 0. The largest absolute Gasteiger partial charge is 0.296 e. The van der Waals surface area contributed by atoms with Crippen LogP contribution in [0.4, 0.5) is 5.82 Å². The van der Waals surface area contributed by atoms with Crippen molar-refractivity contribution in [2.75, 3.05) is 4.90 Å². The van der Waals surface area contributed by atoms with Crippen LogP contribution in [0.25, 0.3) is 0 Å². The van der Waals surface area contributed by atoms with E-state index in [0.29, 0.717) is 16.9 Å². The molecule has 1 aliphatic carbocycles. The van der Waals surface area contributed by atoms with Gasteiger partial charge in [0, 0.05) is 12.2 Å². The van der Waals surface area contributed by atoms with Gasteiger partial charge < -0.3 is 0 Å². The molecule has 2 rings (SSSR count). The van der Waals surface area contributed by atoms with Crippen LogP contribution in [-0.4, -0.2) is 17.4 Å². The number of rotatable bonds is 3. The van der Waals surface area contributed by atoms with E-state index in [9.17, 15) is 4.79 Å². The van der Waals surface area contributed by atoms with Crippen molar-refractivity contribution in [2.24, 2.45) is 0 Å². The van der Waals surface area contributed by atoms with E-state index in [1.165, 1.54) is 0 Å². The first kappa shape index (κ1) is 8.51. The van der Waals surface area contributed by atoms with Crippen LogP contribution >= 0.6 is 11.6 Å². The monoisotopic (exact) mass is 196 g/mol. The fourth-order valence-electron chi connectivity index (χ4n) is 1.20. The lowest BCUT2D eigenvalue weighted by molar-refractivity contribution is -0.107. The molecule has 4 heteroatoms. The number of hydrogen-bond acceptors (Lipinski definition) is 2. The number of halogens is 1. The number of nitrogens with zero attached hydrogens (tertiary/aromatic N) is 2. The average Bonchev–Trinajstić information content (AvgIpc) is 2.93. The van der Waals surface area contributed by atoms with Gasteiger partial charge in [0.25, 0.3) is 0 Å². The lowest BCUT2D eigenvalue weighted by Gasteiger charge is -2.14. The maximum Gasteiger partial charge on any atom is 0.215 e. The van der Waals surface area contributed by atoms with Gasteiger partial charge in [-0.2, -0.15) is 0 Å². The summed E-state index contributed by atoms with van der Waals surface area (Å²) in [6.45, 7) is 0. The van der Waals surface area contributed by atoms with Crippen molar-refractivity contribution >= 4 is 23.8 Å². The Balaban J connectivity index is 2.21. The quantitative estimate of drug-likeness (QED) is 0.692. The standard InChI is InChI=1S/C9H9ClN2O/c10-7-1-4-9(11-5-7)12(6-13)8-2-3-8/h1,4-6,8H,2-3H2. The molecule has 1 aliphatic rings. The molecule has 1 fully saturated rings. The molecule has 0 radical (unpaired) electrons. The van der Waals surface area contributed by atoms with Crippen molar-refractivity contribution < 1.29 is 4.79 Å². The SMILES string of the molecule is O=CN(c1ccc(Cl)cn1)C1CC1. The summed E-state index contributed by atoms with van der Waals surface area (Å²) in [6.07, 6.45) is 4.52. The van der Waals surface area contributed by atoms with E-state index in [-0.39, 0.29) is 0 Å². The number of aromatic nitrogens is 1. The minimum atomic E-state index is 0.353. The highest BCUT2D eigenvalue weighted by Crippen LogP contribution is 2.29. The highest BCUT2D eigenvalue weighted by molar-refractivity contribution is 6.30. The van der Waals surface area contributed by atoms with Crippen molar-refractivity contribution in [1.29, 1.82) is 0 Å². The molecule has 0 aliphatic heterocycles. The van der Waals surface area contributed by atoms with Crippen LogP contribution in [-0.2, 0) is 4.79 Å². The fraction of sp³-hybridized carbons (Fsp3) is 0.333. The molecule has 1 amide bonds. The summed E-state index contributed by atoms with van der Waals surface area (Å²) >= 11 is 5.69.